The molecule has 0 aliphatic heterocycles. The number of aromatic nitrogens is 2. The van der Waals surface area contributed by atoms with Gasteiger partial charge in [-0.3, -0.25) is 10.1 Å². The van der Waals surface area contributed by atoms with Crippen LogP contribution in [0.3, 0.4) is 0 Å². The molecule has 1 atom stereocenters. The number of carbonyl (C=O) groups is 2. The van der Waals surface area contributed by atoms with Gasteiger partial charge in [-0.2, -0.15) is 5.10 Å². The Kier molecular flexibility index (Phi) is 5.87. The number of hydrogen-bond donors (Lipinski definition) is 3. The highest BCUT2D eigenvalue weighted by atomic mass is 16.2. The second-order valence-corrected chi connectivity index (χ2v) is 5.05. The van der Waals surface area contributed by atoms with Crippen LogP contribution in [0.5, 0.6) is 0 Å². The van der Waals surface area contributed by atoms with E-state index in [9.17, 15) is 9.59 Å². The summed E-state index contributed by atoms with van der Waals surface area (Å²) in [5.74, 6) is -0.365. The Labute approximate surface area is 135 Å². The summed E-state index contributed by atoms with van der Waals surface area (Å²) >= 11 is 0. The average molecular weight is 315 g/mol. The third kappa shape index (κ3) is 4.93. The van der Waals surface area contributed by atoms with E-state index in [1.807, 2.05) is 43.5 Å². The van der Waals surface area contributed by atoms with Gasteiger partial charge in [0.2, 0.25) is 5.91 Å². The van der Waals surface area contributed by atoms with E-state index < -0.39 is 6.03 Å². The largest absolute Gasteiger partial charge is 0.338 e. The second-order valence-electron chi connectivity index (χ2n) is 5.05. The molecule has 7 nitrogen and oxygen atoms in total. The lowest BCUT2D eigenvalue weighted by molar-refractivity contribution is -0.119. The molecule has 0 saturated heterocycles. The topological polar surface area (TPSA) is 88.0 Å². The molecule has 2 rings (SSSR count). The van der Waals surface area contributed by atoms with Crippen LogP contribution in [0, 0.1) is 0 Å². The number of hydrogen-bond acceptors (Lipinski definition) is 4. The fraction of sp³-hybridized carbons (Fsp3) is 0.312. The number of carbonyl (C=O) groups excluding carboxylic acids is 2. The van der Waals surface area contributed by atoms with Gasteiger partial charge in [-0.05, 0) is 37.6 Å². The van der Waals surface area contributed by atoms with Gasteiger partial charge in [-0.15, -0.1) is 0 Å². The maximum absolute atomic E-state index is 11.6. The van der Waals surface area contributed by atoms with Crippen LogP contribution in [0.1, 0.15) is 25.5 Å². The van der Waals surface area contributed by atoms with Crippen LogP contribution < -0.4 is 16.0 Å². The molecule has 0 aliphatic carbocycles. The van der Waals surface area contributed by atoms with E-state index in [-0.39, 0.29) is 18.5 Å². The Bertz CT molecular complexity index is 637. The van der Waals surface area contributed by atoms with Crippen LogP contribution in [-0.2, 0) is 4.79 Å². The zero-order valence-corrected chi connectivity index (χ0v) is 13.2. The van der Waals surface area contributed by atoms with Crippen LogP contribution in [0.4, 0.5) is 4.79 Å². The third-order valence-corrected chi connectivity index (χ3v) is 3.32. The maximum atomic E-state index is 11.6. The minimum Gasteiger partial charge on any atom is -0.338 e. The number of nitrogens with zero attached hydrogens (tertiary/aromatic N) is 2. The van der Waals surface area contributed by atoms with Crippen molar-refractivity contribution in [2.45, 2.75) is 19.9 Å². The van der Waals surface area contributed by atoms with Gasteiger partial charge >= 0.3 is 6.03 Å². The summed E-state index contributed by atoms with van der Waals surface area (Å²) in [6.07, 6.45) is 3.60. The standard InChI is InChI=1S/C16H21N5O2/c1-3-17-16(23)20-15(22)11-18-12(2)13-5-7-14(8-6-13)21-10-4-9-19-21/h4-10,12,18H,3,11H2,1-2H3,(H2,17,20,22,23). The van der Waals surface area contributed by atoms with Crippen molar-refractivity contribution in [2.75, 3.05) is 13.1 Å². The molecular formula is C16H21N5O2. The molecule has 0 spiro atoms. The van der Waals surface area contributed by atoms with E-state index in [2.05, 4.69) is 21.0 Å². The molecular weight excluding hydrogens is 294 g/mol. The summed E-state index contributed by atoms with van der Waals surface area (Å²) in [7, 11) is 0. The van der Waals surface area contributed by atoms with Crippen LogP contribution in [0.2, 0.25) is 0 Å². The number of imide groups is 1. The molecule has 3 amide bonds. The summed E-state index contributed by atoms with van der Waals surface area (Å²) in [4.78, 5) is 22.9. The summed E-state index contributed by atoms with van der Waals surface area (Å²) in [6, 6.07) is 9.28. The molecule has 1 heterocycles. The van der Waals surface area contributed by atoms with Gasteiger partial charge in [-0.1, -0.05) is 12.1 Å². The molecule has 122 valence electrons. The Morgan fingerprint density at radius 1 is 1.26 bits per heavy atom. The second kappa shape index (κ2) is 8.09. The van der Waals surface area contributed by atoms with Gasteiger partial charge in [0.1, 0.15) is 0 Å². The highest BCUT2D eigenvalue weighted by Crippen LogP contribution is 2.15. The lowest BCUT2D eigenvalue weighted by Gasteiger charge is -2.14. The van der Waals surface area contributed by atoms with Crippen LogP contribution in [0.15, 0.2) is 42.7 Å². The lowest BCUT2D eigenvalue weighted by Crippen LogP contribution is -2.43. The third-order valence-electron chi connectivity index (χ3n) is 3.32. The van der Waals surface area contributed by atoms with E-state index in [0.717, 1.165) is 11.3 Å². The predicted molar refractivity (Wildman–Crippen MR) is 87.2 cm³/mol. The van der Waals surface area contributed by atoms with E-state index in [1.165, 1.54) is 0 Å². The van der Waals surface area contributed by atoms with Crippen molar-refractivity contribution < 1.29 is 9.59 Å². The van der Waals surface area contributed by atoms with Gasteiger partial charge < -0.3 is 10.6 Å². The molecule has 1 unspecified atom stereocenters. The first-order valence-corrected chi connectivity index (χ1v) is 7.51. The fourth-order valence-electron chi connectivity index (χ4n) is 2.08. The zero-order valence-electron chi connectivity index (χ0n) is 13.2. The number of nitrogens with one attached hydrogen (secondary N) is 3. The quantitative estimate of drug-likeness (QED) is 0.751. The first-order valence-electron chi connectivity index (χ1n) is 7.51. The van der Waals surface area contributed by atoms with Gasteiger partial charge in [0.15, 0.2) is 0 Å². The first kappa shape index (κ1) is 16.7. The smallest absolute Gasteiger partial charge is 0.321 e. The highest BCUT2D eigenvalue weighted by Gasteiger charge is 2.10. The number of urea groups is 1. The van der Waals surface area contributed by atoms with Crippen molar-refractivity contribution in [3.63, 3.8) is 0 Å². The molecule has 7 heteroatoms. The molecule has 2 aromatic rings. The SMILES string of the molecule is CCNC(=O)NC(=O)CNC(C)c1ccc(-n2cccn2)cc1. The highest BCUT2D eigenvalue weighted by molar-refractivity contribution is 5.95. The summed E-state index contributed by atoms with van der Waals surface area (Å²) in [6.45, 7) is 4.30. The zero-order chi connectivity index (χ0) is 16.7. The molecule has 0 bridgehead atoms. The number of benzene rings is 1. The van der Waals surface area contributed by atoms with Gasteiger partial charge in [0.05, 0.1) is 12.2 Å². The van der Waals surface area contributed by atoms with Crippen molar-refractivity contribution >= 4 is 11.9 Å². The molecule has 3 N–H and O–H groups in total. The Hall–Kier alpha value is -2.67. The van der Waals surface area contributed by atoms with E-state index in [0.29, 0.717) is 6.54 Å². The number of amides is 3. The average Bonchev–Trinajstić information content (AvgIpc) is 3.07. The minimum atomic E-state index is -0.476. The van der Waals surface area contributed by atoms with Crippen molar-refractivity contribution in [3.05, 3.63) is 48.3 Å². The lowest BCUT2D eigenvalue weighted by atomic mass is 10.1. The Balaban J connectivity index is 1.85. The van der Waals surface area contributed by atoms with Crippen LogP contribution in [-0.4, -0.2) is 34.8 Å². The molecule has 1 aromatic heterocycles. The summed E-state index contributed by atoms with van der Waals surface area (Å²) < 4.78 is 1.78. The monoisotopic (exact) mass is 315 g/mol. The van der Waals surface area contributed by atoms with Crippen molar-refractivity contribution in [1.29, 1.82) is 0 Å². The van der Waals surface area contributed by atoms with Gasteiger partial charge in [-0.25, -0.2) is 9.48 Å². The van der Waals surface area contributed by atoms with E-state index in [1.54, 1.807) is 17.8 Å². The molecule has 23 heavy (non-hydrogen) atoms. The van der Waals surface area contributed by atoms with E-state index in [4.69, 9.17) is 0 Å². The van der Waals surface area contributed by atoms with Crippen molar-refractivity contribution in [1.82, 2.24) is 25.7 Å². The van der Waals surface area contributed by atoms with Gasteiger partial charge in [0, 0.05) is 25.0 Å². The molecule has 0 saturated carbocycles. The van der Waals surface area contributed by atoms with Crippen molar-refractivity contribution in [2.24, 2.45) is 0 Å². The molecule has 0 aliphatic rings. The molecule has 0 fully saturated rings. The molecule has 1 aromatic carbocycles. The predicted octanol–water partition coefficient (Wildman–Crippen LogP) is 1.37. The fourth-order valence-corrected chi connectivity index (χ4v) is 2.08. The normalized spacial score (nSPS) is 11.7. The number of rotatable bonds is 6. The summed E-state index contributed by atoms with van der Waals surface area (Å²) in [5, 5.41) is 12.0. The Morgan fingerprint density at radius 2 is 2.00 bits per heavy atom. The van der Waals surface area contributed by atoms with Crippen LogP contribution in [0.25, 0.3) is 5.69 Å². The van der Waals surface area contributed by atoms with E-state index >= 15 is 0 Å². The Morgan fingerprint density at radius 3 is 2.61 bits per heavy atom. The minimum absolute atomic E-state index is 0.0124. The first-order chi connectivity index (χ1) is 11.1. The summed E-state index contributed by atoms with van der Waals surface area (Å²) in [5.41, 5.74) is 2.02. The van der Waals surface area contributed by atoms with Crippen LogP contribution >= 0.6 is 0 Å². The van der Waals surface area contributed by atoms with Crippen molar-refractivity contribution in [3.8, 4) is 5.69 Å². The van der Waals surface area contributed by atoms with Gasteiger partial charge in [0.25, 0.3) is 0 Å². The maximum Gasteiger partial charge on any atom is 0.321 e. The molecule has 0 radical (unpaired) electrons.